The summed E-state index contributed by atoms with van der Waals surface area (Å²) in [4.78, 5) is 58.7. The Balaban J connectivity index is 1.28. The van der Waals surface area contributed by atoms with Crippen LogP contribution in [0.1, 0.15) is 48.4 Å². The predicted octanol–water partition coefficient (Wildman–Crippen LogP) is 3.80. The van der Waals surface area contributed by atoms with E-state index in [9.17, 15) is 19.2 Å². The Morgan fingerprint density at radius 2 is 1.68 bits per heavy atom. The number of nitrogens with zero attached hydrogens (tertiary/aromatic N) is 2. The number of fused-ring (bicyclic) bond motifs is 3. The monoisotopic (exact) mass is 552 g/mol. The molecule has 4 aromatic rings. The van der Waals surface area contributed by atoms with Gasteiger partial charge in [0, 0.05) is 24.5 Å². The Morgan fingerprint density at radius 3 is 2.39 bits per heavy atom. The van der Waals surface area contributed by atoms with Crippen molar-refractivity contribution >= 4 is 40.3 Å². The van der Waals surface area contributed by atoms with Gasteiger partial charge < -0.3 is 19.8 Å². The minimum Gasteiger partial charge on any atom is -0.497 e. The maximum atomic E-state index is 13.5. The maximum absolute atomic E-state index is 13.5. The van der Waals surface area contributed by atoms with Crippen LogP contribution >= 0.6 is 0 Å². The molecule has 0 fully saturated rings. The van der Waals surface area contributed by atoms with E-state index >= 15 is 0 Å². The number of anilines is 1. The third kappa shape index (κ3) is 4.62. The van der Waals surface area contributed by atoms with Gasteiger partial charge in [-0.3, -0.25) is 24.2 Å². The number of benzene rings is 3. The second-order valence-electron chi connectivity index (χ2n) is 10.0. The fourth-order valence-electron chi connectivity index (χ4n) is 5.74. The number of rotatable bonds is 7. The third-order valence-corrected chi connectivity index (χ3v) is 7.76. The number of carbonyl (C=O) groups excluding carboxylic acids is 4. The molecule has 2 aliphatic heterocycles. The molecule has 41 heavy (non-hydrogen) atoms. The lowest BCUT2D eigenvalue weighted by Gasteiger charge is -2.38. The second-order valence-corrected chi connectivity index (χ2v) is 10.0. The Labute approximate surface area is 235 Å². The maximum Gasteiger partial charge on any atom is 0.356 e. The van der Waals surface area contributed by atoms with E-state index < -0.39 is 5.97 Å². The molecule has 0 radical (unpaired) electrons. The van der Waals surface area contributed by atoms with Crippen molar-refractivity contribution in [3.63, 3.8) is 0 Å². The molecule has 6 rings (SSSR count). The van der Waals surface area contributed by atoms with E-state index in [-0.39, 0.29) is 42.5 Å². The summed E-state index contributed by atoms with van der Waals surface area (Å²) in [6.45, 7) is 0.635. The highest BCUT2D eigenvalue weighted by molar-refractivity contribution is 6.21. The van der Waals surface area contributed by atoms with Gasteiger partial charge in [0.2, 0.25) is 5.91 Å². The van der Waals surface area contributed by atoms with Crippen LogP contribution in [0.15, 0.2) is 66.7 Å². The van der Waals surface area contributed by atoms with Crippen LogP contribution in [0, 0.1) is 0 Å². The number of hydrogen-bond acceptors (Lipinski definition) is 7. The molecule has 3 aromatic carbocycles. The lowest BCUT2D eigenvalue weighted by molar-refractivity contribution is -0.118. The highest BCUT2D eigenvalue weighted by Gasteiger charge is 2.39. The van der Waals surface area contributed by atoms with E-state index in [1.54, 1.807) is 49.6 Å². The summed E-state index contributed by atoms with van der Waals surface area (Å²) in [5, 5.41) is 3.53. The van der Waals surface area contributed by atoms with E-state index in [4.69, 9.17) is 9.47 Å². The van der Waals surface area contributed by atoms with Crippen LogP contribution in [-0.2, 0) is 16.0 Å². The molecule has 10 heteroatoms. The van der Waals surface area contributed by atoms with E-state index in [0.29, 0.717) is 46.4 Å². The van der Waals surface area contributed by atoms with Crippen molar-refractivity contribution in [2.75, 3.05) is 39.2 Å². The number of esters is 1. The van der Waals surface area contributed by atoms with Crippen LogP contribution in [0.2, 0.25) is 0 Å². The molecular formula is C31H28N4O6. The van der Waals surface area contributed by atoms with Gasteiger partial charge in [-0.1, -0.05) is 36.4 Å². The van der Waals surface area contributed by atoms with Crippen LogP contribution < -0.4 is 10.1 Å². The normalized spacial score (nSPS) is 16.4. The molecule has 1 aromatic heterocycles. The summed E-state index contributed by atoms with van der Waals surface area (Å²) in [5.41, 5.74) is 3.90. The number of imide groups is 1. The average Bonchev–Trinajstić information content (AvgIpc) is 3.47. The molecule has 1 unspecified atom stereocenters. The fraction of sp³-hybridized carbons (Fsp3) is 0.226. The number of carbonyl (C=O) groups is 4. The largest absolute Gasteiger partial charge is 0.497 e. The highest BCUT2D eigenvalue weighted by Crippen LogP contribution is 2.34. The lowest BCUT2D eigenvalue weighted by Crippen LogP contribution is -2.46. The molecule has 10 nitrogen and oxygen atoms in total. The van der Waals surface area contributed by atoms with Crippen LogP contribution in [0.25, 0.3) is 10.9 Å². The van der Waals surface area contributed by atoms with Crippen LogP contribution in [0.4, 0.5) is 5.69 Å². The minimum atomic E-state index is -0.620. The van der Waals surface area contributed by atoms with Crippen molar-refractivity contribution in [2.45, 2.75) is 12.5 Å². The van der Waals surface area contributed by atoms with Crippen LogP contribution in [0.3, 0.4) is 0 Å². The number of hydrogen-bond donors (Lipinski definition) is 2. The smallest absolute Gasteiger partial charge is 0.356 e. The Bertz CT molecular complexity index is 1680. The first-order valence-electron chi connectivity index (χ1n) is 13.2. The number of aromatic nitrogens is 1. The highest BCUT2D eigenvalue weighted by atomic mass is 16.5. The van der Waals surface area contributed by atoms with Crippen LogP contribution in [0.5, 0.6) is 5.75 Å². The van der Waals surface area contributed by atoms with Gasteiger partial charge in [-0.2, -0.15) is 0 Å². The SMILES string of the molecule is COC(=O)c1[nH]c2cc(OC)ccc2c1NC(=O)CN1CCc2ccccc2C1CN1C(=O)c2ccccc2C1=O. The first-order valence-corrected chi connectivity index (χ1v) is 13.2. The van der Waals surface area contributed by atoms with E-state index in [0.717, 1.165) is 11.1 Å². The molecule has 1 atom stereocenters. The summed E-state index contributed by atoms with van der Waals surface area (Å²) in [6, 6.07) is 19.5. The van der Waals surface area contributed by atoms with Crippen molar-refractivity contribution in [1.29, 1.82) is 0 Å². The molecule has 0 aliphatic carbocycles. The van der Waals surface area contributed by atoms with E-state index in [1.165, 1.54) is 12.0 Å². The summed E-state index contributed by atoms with van der Waals surface area (Å²) in [6.07, 6.45) is 0.711. The number of H-pyrrole nitrogens is 1. The average molecular weight is 553 g/mol. The first-order chi connectivity index (χ1) is 19.9. The van der Waals surface area contributed by atoms with E-state index in [2.05, 4.69) is 10.3 Å². The zero-order valence-corrected chi connectivity index (χ0v) is 22.6. The van der Waals surface area contributed by atoms with Gasteiger partial charge in [0.1, 0.15) is 11.4 Å². The van der Waals surface area contributed by atoms with Gasteiger partial charge in [0.25, 0.3) is 11.8 Å². The van der Waals surface area contributed by atoms with Gasteiger partial charge in [-0.25, -0.2) is 4.79 Å². The first kappa shape index (κ1) is 26.3. The number of methoxy groups -OCH3 is 2. The quantitative estimate of drug-likeness (QED) is 0.264. The van der Waals surface area contributed by atoms with Crippen LogP contribution in [-0.4, -0.2) is 72.3 Å². The topological polar surface area (TPSA) is 121 Å². The van der Waals surface area contributed by atoms with E-state index in [1.807, 2.05) is 29.2 Å². The van der Waals surface area contributed by atoms with Crippen molar-refractivity contribution in [1.82, 2.24) is 14.8 Å². The Kier molecular flexibility index (Phi) is 6.76. The number of nitrogens with one attached hydrogen (secondary N) is 2. The Hall–Kier alpha value is -4.96. The zero-order valence-electron chi connectivity index (χ0n) is 22.6. The molecule has 3 heterocycles. The van der Waals surface area contributed by atoms with Gasteiger partial charge >= 0.3 is 5.97 Å². The van der Waals surface area contributed by atoms with Gasteiger partial charge in [-0.05, 0) is 41.8 Å². The zero-order chi connectivity index (χ0) is 28.7. The molecule has 0 saturated carbocycles. The number of ether oxygens (including phenoxy) is 2. The second kappa shape index (κ2) is 10.5. The summed E-state index contributed by atoms with van der Waals surface area (Å²) < 4.78 is 10.2. The number of aromatic amines is 1. The van der Waals surface area contributed by atoms with Gasteiger partial charge in [-0.15, -0.1) is 0 Å². The lowest BCUT2D eigenvalue weighted by atomic mass is 9.92. The summed E-state index contributed by atoms with van der Waals surface area (Å²) in [7, 11) is 2.82. The predicted molar refractivity (Wildman–Crippen MR) is 151 cm³/mol. The summed E-state index contributed by atoms with van der Waals surface area (Å²) in [5.74, 6) is -1.05. The molecule has 2 N–H and O–H groups in total. The summed E-state index contributed by atoms with van der Waals surface area (Å²) >= 11 is 0. The number of amides is 3. The van der Waals surface area contributed by atoms with Crippen molar-refractivity contribution < 1.29 is 28.7 Å². The third-order valence-electron chi connectivity index (χ3n) is 7.76. The van der Waals surface area contributed by atoms with Gasteiger partial charge in [0.15, 0.2) is 0 Å². The van der Waals surface area contributed by atoms with Gasteiger partial charge in [0.05, 0.1) is 49.1 Å². The molecular weight excluding hydrogens is 524 g/mol. The molecule has 0 bridgehead atoms. The fourth-order valence-corrected chi connectivity index (χ4v) is 5.74. The standard InChI is InChI=1S/C31H28N4O6/c1-40-19-11-12-23-24(15-19)32-28(31(39)41-2)27(23)33-26(36)17-34-14-13-18-7-3-4-8-20(18)25(34)16-35-29(37)21-9-5-6-10-22(21)30(35)38/h3-12,15,25,32H,13-14,16-17H2,1-2H3,(H,33,36). The Morgan fingerprint density at radius 1 is 0.976 bits per heavy atom. The van der Waals surface area contributed by atoms with Crippen molar-refractivity contribution in [3.05, 3.63) is 94.7 Å². The van der Waals surface area contributed by atoms with Crippen molar-refractivity contribution in [3.8, 4) is 5.75 Å². The molecule has 3 amide bonds. The molecule has 0 spiro atoms. The van der Waals surface area contributed by atoms with Crippen molar-refractivity contribution in [2.24, 2.45) is 0 Å². The minimum absolute atomic E-state index is 0.0222. The molecule has 2 aliphatic rings. The molecule has 208 valence electrons. The molecule has 0 saturated heterocycles.